The van der Waals surface area contributed by atoms with E-state index in [4.69, 9.17) is 0 Å². The zero-order valence-corrected chi connectivity index (χ0v) is 9.57. The van der Waals surface area contributed by atoms with Crippen molar-refractivity contribution in [2.75, 3.05) is 0 Å². The van der Waals surface area contributed by atoms with Gasteiger partial charge < -0.3 is 0 Å². The number of nitrogens with one attached hydrogen (secondary N) is 1. The van der Waals surface area contributed by atoms with E-state index < -0.39 is 11.9 Å². The maximum atomic E-state index is 12.6. The lowest BCUT2D eigenvalue weighted by Gasteiger charge is -2.07. The molecule has 2 heterocycles. The lowest BCUT2D eigenvalue weighted by molar-refractivity contribution is -0.141. The number of benzene rings is 1. The molecular weight excluding hydrogens is 255 g/mol. The first-order chi connectivity index (χ1) is 9.04. The van der Waals surface area contributed by atoms with E-state index in [-0.39, 0.29) is 5.69 Å². The predicted molar refractivity (Wildman–Crippen MR) is 64.3 cm³/mol. The number of pyridine rings is 1. The molecule has 0 bridgehead atoms. The van der Waals surface area contributed by atoms with E-state index in [1.54, 1.807) is 30.5 Å². The van der Waals surface area contributed by atoms with Crippen LogP contribution in [0, 0.1) is 0 Å². The van der Waals surface area contributed by atoms with Gasteiger partial charge in [0.15, 0.2) is 0 Å². The van der Waals surface area contributed by atoms with Crippen LogP contribution in [-0.4, -0.2) is 15.2 Å². The average Bonchev–Trinajstić information content (AvgIpc) is 2.85. The van der Waals surface area contributed by atoms with E-state index >= 15 is 0 Å². The third kappa shape index (κ3) is 2.16. The van der Waals surface area contributed by atoms with E-state index in [2.05, 4.69) is 15.2 Å². The summed E-state index contributed by atoms with van der Waals surface area (Å²) in [6, 6.07) is 9.09. The van der Waals surface area contributed by atoms with Crippen LogP contribution in [0.25, 0.3) is 22.2 Å². The van der Waals surface area contributed by atoms with Crippen molar-refractivity contribution in [3.05, 3.63) is 48.3 Å². The fourth-order valence-corrected chi connectivity index (χ4v) is 1.86. The highest BCUT2D eigenvalue weighted by Crippen LogP contribution is 2.30. The second kappa shape index (κ2) is 4.08. The molecule has 0 amide bonds. The average molecular weight is 263 g/mol. The van der Waals surface area contributed by atoms with Crippen molar-refractivity contribution in [2.45, 2.75) is 6.18 Å². The molecule has 19 heavy (non-hydrogen) atoms. The van der Waals surface area contributed by atoms with Crippen molar-refractivity contribution in [2.24, 2.45) is 0 Å². The Morgan fingerprint density at radius 3 is 2.68 bits per heavy atom. The molecule has 0 atom stereocenters. The fraction of sp³-hybridized carbons (Fsp3) is 0.0769. The summed E-state index contributed by atoms with van der Waals surface area (Å²) >= 11 is 0. The number of fused-ring (bicyclic) bond motifs is 1. The van der Waals surface area contributed by atoms with Crippen LogP contribution in [0.1, 0.15) is 5.69 Å². The molecule has 6 heteroatoms. The molecule has 3 aromatic rings. The standard InChI is InChI=1S/C13H8F3N3/c14-13(15,16)12-3-1-2-10(18-12)8-4-5-11-9(6-8)7-17-19-11/h1-7H,(H,17,19). The second-order valence-corrected chi connectivity index (χ2v) is 4.08. The summed E-state index contributed by atoms with van der Waals surface area (Å²) in [5.41, 5.74) is 0.853. The molecule has 3 nitrogen and oxygen atoms in total. The molecule has 0 aliphatic heterocycles. The Morgan fingerprint density at radius 2 is 1.89 bits per heavy atom. The van der Waals surface area contributed by atoms with Gasteiger partial charge in [0.25, 0.3) is 0 Å². The van der Waals surface area contributed by atoms with Gasteiger partial charge in [0.2, 0.25) is 0 Å². The predicted octanol–water partition coefficient (Wildman–Crippen LogP) is 3.64. The van der Waals surface area contributed by atoms with Gasteiger partial charge in [0.1, 0.15) is 5.69 Å². The van der Waals surface area contributed by atoms with E-state index in [0.717, 1.165) is 17.0 Å². The van der Waals surface area contributed by atoms with Crippen LogP contribution in [0.4, 0.5) is 13.2 Å². The van der Waals surface area contributed by atoms with Crippen LogP contribution in [0.5, 0.6) is 0 Å². The van der Waals surface area contributed by atoms with Crippen molar-refractivity contribution in [3.63, 3.8) is 0 Å². The number of aromatic nitrogens is 3. The summed E-state index contributed by atoms with van der Waals surface area (Å²) in [5.74, 6) is 0. The third-order valence-electron chi connectivity index (χ3n) is 2.78. The molecule has 2 aromatic heterocycles. The van der Waals surface area contributed by atoms with Gasteiger partial charge in [0.05, 0.1) is 17.4 Å². The van der Waals surface area contributed by atoms with Crippen molar-refractivity contribution in [3.8, 4) is 11.3 Å². The molecule has 0 radical (unpaired) electrons. The number of alkyl halides is 3. The lowest BCUT2D eigenvalue weighted by Crippen LogP contribution is -2.07. The fourth-order valence-electron chi connectivity index (χ4n) is 1.86. The highest BCUT2D eigenvalue weighted by molar-refractivity contribution is 5.83. The highest BCUT2D eigenvalue weighted by atomic mass is 19.4. The van der Waals surface area contributed by atoms with Crippen molar-refractivity contribution in [1.82, 2.24) is 15.2 Å². The molecular formula is C13H8F3N3. The Balaban J connectivity index is 2.10. The Kier molecular flexibility index (Phi) is 2.51. The Labute approximate surface area is 106 Å². The zero-order chi connectivity index (χ0) is 13.5. The Morgan fingerprint density at radius 1 is 1.05 bits per heavy atom. The quantitative estimate of drug-likeness (QED) is 0.728. The van der Waals surface area contributed by atoms with Crippen LogP contribution < -0.4 is 0 Å². The molecule has 96 valence electrons. The number of hydrogen-bond donors (Lipinski definition) is 1. The van der Waals surface area contributed by atoms with Gasteiger partial charge in [-0.3, -0.25) is 5.10 Å². The number of hydrogen-bond acceptors (Lipinski definition) is 2. The van der Waals surface area contributed by atoms with Crippen molar-refractivity contribution < 1.29 is 13.2 Å². The molecule has 1 aromatic carbocycles. The van der Waals surface area contributed by atoms with Crippen LogP contribution in [0.3, 0.4) is 0 Å². The maximum absolute atomic E-state index is 12.6. The number of rotatable bonds is 1. The second-order valence-electron chi connectivity index (χ2n) is 4.08. The van der Waals surface area contributed by atoms with Crippen molar-refractivity contribution in [1.29, 1.82) is 0 Å². The zero-order valence-electron chi connectivity index (χ0n) is 9.57. The van der Waals surface area contributed by atoms with E-state index in [1.807, 2.05) is 0 Å². The van der Waals surface area contributed by atoms with Gasteiger partial charge in [-0.2, -0.15) is 18.3 Å². The minimum Gasteiger partial charge on any atom is -0.278 e. The summed E-state index contributed by atoms with van der Waals surface area (Å²) in [6.45, 7) is 0. The van der Waals surface area contributed by atoms with Gasteiger partial charge in [-0.25, -0.2) is 4.98 Å². The van der Waals surface area contributed by atoms with Crippen LogP contribution in [0.2, 0.25) is 0 Å². The topological polar surface area (TPSA) is 41.6 Å². The molecule has 0 saturated heterocycles. The molecule has 3 rings (SSSR count). The third-order valence-corrected chi connectivity index (χ3v) is 2.78. The Hall–Kier alpha value is -2.37. The summed E-state index contributed by atoms with van der Waals surface area (Å²) in [6.07, 6.45) is -2.82. The van der Waals surface area contributed by atoms with Gasteiger partial charge in [-0.1, -0.05) is 12.1 Å². The molecule has 0 fully saturated rings. The summed E-state index contributed by atoms with van der Waals surface area (Å²) in [5, 5.41) is 7.48. The first-order valence-electron chi connectivity index (χ1n) is 5.52. The number of H-pyrrole nitrogens is 1. The molecule has 0 unspecified atom stereocenters. The first kappa shape index (κ1) is 11.7. The van der Waals surface area contributed by atoms with Gasteiger partial charge in [-0.15, -0.1) is 0 Å². The minimum atomic E-state index is -4.43. The number of nitrogens with zero attached hydrogens (tertiary/aromatic N) is 2. The molecule has 0 spiro atoms. The molecule has 0 saturated carbocycles. The minimum absolute atomic E-state index is 0.290. The number of halogens is 3. The smallest absolute Gasteiger partial charge is 0.278 e. The molecule has 0 aliphatic carbocycles. The number of aromatic amines is 1. The van der Waals surface area contributed by atoms with Gasteiger partial charge in [-0.05, 0) is 24.3 Å². The largest absolute Gasteiger partial charge is 0.433 e. The Bertz CT molecular complexity index is 731. The normalized spacial score (nSPS) is 11.9. The van der Waals surface area contributed by atoms with E-state index in [9.17, 15) is 13.2 Å². The highest BCUT2D eigenvalue weighted by Gasteiger charge is 2.32. The first-order valence-corrected chi connectivity index (χ1v) is 5.52. The monoisotopic (exact) mass is 263 g/mol. The summed E-state index contributed by atoms with van der Waals surface area (Å²) < 4.78 is 37.8. The molecule has 1 N–H and O–H groups in total. The van der Waals surface area contributed by atoms with E-state index in [0.29, 0.717) is 5.56 Å². The summed E-state index contributed by atoms with van der Waals surface area (Å²) in [4.78, 5) is 3.65. The van der Waals surface area contributed by atoms with Gasteiger partial charge in [0, 0.05) is 10.9 Å². The van der Waals surface area contributed by atoms with E-state index in [1.165, 1.54) is 6.07 Å². The van der Waals surface area contributed by atoms with Crippen molar-refractivity contribution >= 4 is 10.9 Å². The SMILES string of the molecule is FC(F)(F)c1cccc(-c2ccc3[nH]ncc3c2)n1. The lowest BCUT2D eigenvalue weighted by atomic mass is 10.1. The summed E-state index contributed by atoms with van der Waals surface area (Å²) in [7, 11) is 0. The molecule has 0 aliphatic rings. The maximum Gasteiger partial charge on any atom is 0.433 e. The van der Waals surface area contributed by atoms with Crippen LogP contribution in [0.15, 0.2) is 42.6 Å². The van der Waals surface area contributed by atoms with Crippen LogP contribution >= 0.6 is 0 Å². The van der Waals surface area contributed by atoms with Crippen LogP contribution in [-0.2, 0) is 6.18 Å². The van der Waals surface area contributed by atoms with Gasteiger partial charge >= 0.3 is 6.18 Å².